The van der Waals surface area contributed by atoms with E-state index in [4.69, 9.17) is 4.74 Å². The van der Waals surface area contributed by atoms with Crippen LogP contribution in [0.2, 0.25) is 0 Å². The monoisotopic (exact) mass is 462 g/mol. The van der Waals surface area contributed by atoms with Gasteiger partial charge < -0.3 is 10.1 Å². The number of ether oxygens (including phenoxy) is 1. The maximum absolute atomic E-state index is 12.2. The van der Waals surface area contributed by atoms with Crippen LogP contribution >= 0.6 is 0 Å². The summed E-state index contributed by atoms with van der Waals surface area (Å²) in [7, 11) is 0. The van der Waals surface area contributed by atoms with E-state index in [1.807, 2.05) is 45.0 Å². The zero-order valence-corrected chi connectivity index (χ0v) is 19.7. The second kappa shape index (κ2) is 14.3. The minimum absolute atomic E-state index is 0.0203. The van der Waals surface area contributed by atoms with Crippen LogP contribution in [0.15, 0.2) is 67.0 Å². The van der Waals surface area contributed by atoms with E-state index < -0.39 is 11.7 Å². The van der Waals surface area contributed by atoms with Gasteiger partial charge in [-0.2, -0.15) is 13.2 Å². The fraction of sp³-hybridized carbons (Fsp3) is 0.385. The molecule has 2 aromatic rings. The Morgan fingerprint density at radius 1 is 1.12 bits per heavy atom. The van der Waals surface area contributed by atoms with Crippen molar-refractivity contribution in [1.82, 2.24) is 10.3 Å². The third-order valence-corrected chi connectivity index (χ3v) is 4.74. The van der Waals surface area contributed by atoms with Crippen molar-refractivity contribution in [2.24, 2.45) is 0 Å². The molecule has 1 aromatic heterocycles. The molecule has 1 aromatic carbocycles. The van der Waals surface area contributed by atoms with E-state index in [1.54, 1.807) is 25.3 Å². The highest BCUT2D eigenvalue weighted by Crippen LogP contribution is 2.27. The molecule has 4 nitrogen and oxygen atoms in total. The number of benzene rings is 1. The fourth-order valence-electron chi connectivity index (χ4n) is 2.84. The second-order valence-corrected chi connectivity index (χ2v) is 7.32. The number of carbonyl (C=O) groups excluding carboxylic acids is 1. The second-order valence-electron chi connectivity index (χ2n) is 7.32. The first-order chi connectivity index (χ1) is 15.7. The molecule has 7 heteroatoms. The molecular weight excluding hydrogens is 429 g/mol. The van der Waals surface area contributed by atoms with Gasteiger partial charge in [0.15, 0.2) is 0 Å². The van der Waals surface area contributed by atoms with Crippen LogP contribution in [0.25, 0.3) is 5.57 Å². The Bertz CT molecular complexity index is 886. The van der Waals surface area contributed by atoms with Crippen molar-refractivity contribution in [3.63, 3.8) is 0 Å². The third-order valence-electron chi connectivity index (χ3n) is 4.74. The molecule has 0 bridgehead atoms. The lowest BCUT2D eigenvalue weighted by Crippen LogP contribution is -2.38. The average molecular weight is 463 g/mol. The first kappa shape index (κ1) is 28.1. The molecule has 1 saturated heterocycles. The quantitative estimate of drug-likeness (QED) is 0.526. The summed E-state index contributed by atoms with van der Waals surface area (Å²) in [6.07, 6.45) is 1.54. The molecule has 33 heavy (non-hydrogen) atoms. The van der Waals surface area contributed by atoms with Gasteiger partial charge in [0.25, 0.3) is 5.91 Å². The maximum Gasteiger partial charge on any atom is 0.415 e. The number of hydrogen-bond donors (Lipinski definition) is 1. The first-order valence-corrected chi connectivity index (χ1v) is 11.0. The number of pyridine rings is 1. The minimum Gasteiger partial charge on any atom is -0.381 e. The fourth-order valence-corrected chi connectivity index (χ4v) is 2.84. The van der Waals surface area contributed by atoms with E-state index >= 15 is 0 Å². The number of aromatic nitrogens is 1. The Hall–Kier alpha value is -2.93. The highest BCUT2D eigenvalue weighted by Gasteiger charge is 2.30. The van der Waals surface area contributed by atoms with Crippen LogP contribution in [0.3, 0.4) is 0 Å². The van der Waals surface area contributed by atoms with Crippen molar-refractivity contribution < 1.29 is 22.7 Å². The minimum atomic E-state index is -4.37. The number of hydrogen-bond acceptors (Lipinski definition) is 3. The largest absolute Gasteiger partial charge is 0.415 e. The number of rotatable bonds is 4. The highest BCUT2D eigenvalue weighted by molar-refractivity contribution is 5.94. The number of nitrogens with zero attached hydrogens (tertiary/aromatic N) is 1. The maximum atomic E-state index is 12.2. The summed E-state index contributed by atoms with van der Waals surface area (Å²) in [6, 6.07) is 11.3. The van der Waals surface area contributed by atoms with Crippen LogP contribution < -0.4 is 5.32 Å². The predicted molar refractivity (Wildman–Crippen MR) is 127 cm³/mol. The average Bonchev–Trinajstić information content (AvgIpc) is 2.82. The normalized spacial score (nSPS) is 14.2. The summed E-state index contributed by atoms with van der Waals surface area (Å²) in [5.74, 6) is 0.0203. The van der Waals surface area contributed by atoms with Crippen molar-refractivity contribution >= 4 is 11.5 Å². The molecule has 1 amide bonds. The Morgan fingerprint density at radius 3 is 2.24 bits per heavy atom. The van der Waals surface area contributed by atoms with Crippen molar-refractivity contribution in [1.29, 1.82) is 0 Å². The van der Waals surface area contributed by atoms with Crippen molar-refractivity contribution in [2.75, 3.05) is 13.2 Å². The number of amides is 1. The zero-order chi connectivity index (χ0) is 24.9. The molecule has 0 radical (unpaired) electrons. The lowest BCUT2D eigenvalue weighted by Gasteiger charge is -2.23. The SMILES string of the molecule is C=C(/C=C(\C)c1cccnc1)C(F)(F)F.CC.Cc1ccc(C(=O)NC2CCOCC2)cc1. The smallest absolute Gasteiger partial charge is 0.381 e. The van der Waals surface area contributed by atoms with Crippen LogP contribution in [-0.4, -0.2) is 36.3 Å². The highest BCUT2D eigenvalue weighted by atomic mass is 19.4. The van der Waals surface area contributed by atoms with Gasteiger partial charge in [-0.15, -0.1) is 0 Å². The van der Waals surface area contributed by atoms with Gasteiger partial charge in [0, 0.05) is 42.8 Å². The lowest BCUT2D eigenvalue weighted by molar-refractivity contribution is -0.0877. The Morgan fingerprint density at radius 2 is 1.73 bits per heavy atom. The third kappa shape index (κ3) is 10.5. The number of allylic oxidation sites excluding steroid dienone is 3. The molecule has 3 rings (SSSR count). The molecule has 0 aliphatic carbocycles. The van der Waals surface area contributed by atoms with Gasteiger partial charge in [-0.1, -0.05) is 44.2 Å². The number of halogens is 3. The molecule has 2 heterocycles. The van der Waals surface area contributed by atoms with Gasteiger partial charge in [-0.25, -0.2) is 0 Å². The molecular formula is C26H33F3N2O2. The molecule has 1 aliphatic heterocycles. The van der Waals surface area contributed by atoms with Gasteiger partial charge in [-0.3, -0.25) is 9.78 Å². The van der Waals surface area contributed by atoms with Gasteiger partial charge in [0.1, 0.15) is 0 Å². The van der Waals surface area contributed by atoms with Crippen LogP contribution in [0.4, 0.5) is 13.2 Å². The molecule has 0 saturated carbocycles. The molecule has 0 atom stereocenters. The number of nitrogens with one attached hydrogen (secondary N) is 1. The molecule has 0 unspecified atom stereocenters. The summed E-state index contributed by atoms with van der Waals surface area (Å²) in [5, 5.41) is 3.04. The molecule has 180 valence electrons. The Labute approximate surface area is 194 Å². The van der Waals surface area contributed by atoms with E-state index in [9.17, 15) is 18.0 Å². The van der Waals surface area contributed by atoms with E-state index in [1.165, 1.54) is 11.8 Å². The van der Waals surface area contributed by atoms with Crippen LogP contribution in [0.5, 0.6) is 0 Å². The van der Waals surface area contributed by atoms with Crippen molar-refractivity contribution in [3.8, 4) is 0 Å². The number of alkyl halides is 3. The summed E-state index contributed by atoms with van der Waals surface area (Å²) in [4.78, 5) is 15.7. The first-order valence-electron chi connectivity index (χ1n) is 11.0. The van der Waals surface area contributed by atoms with Crippen molar-refractivity contribution in [3.05, 3.63) is 83.7 Å². The zero-order valence-electron chi connectivity index (χ0n) is 19.7. The van der Waals surface area contributed by atoms with Gasteiger partial charge in [0.05, 0.1) is 0 Å². The van der Waals surface area contributed by atoms with Crippen LogP contribution in [-0.2, 0) is 4.74 Å². The summed E-state index contributed by atoms with van der Waals surface area (Å²) >= 11 is 0. The van der Waals surface area contributed by atoms with E-state index in [-0.39, 0.29) is 11.9 Å². The molecule has 0 spiro atoms. The molecule has 1 N–H and O–H groups in total. The van der Waals surface area contributed by atoms with Gasteiger partial charge >= 0.3 is 6.18 Å². The predicted octanol–water partition coefficient (Wildman–Crippen LogP) is 6.53. The van der Waals surface area contributed by atoms with Crippen LogP contribution in [0, 0.1) is 6.92 Å². The summed E-state index contributed by atoms with van der Waals surface area (Å²) < 4.78 is 41.7. The Balaban J connectivity index is 0.000000308. The lowest BCUT2D eigenvalue weighted by atomic mass is 10.1. The van der Waals surface area contributed by atoms with Gasteiger partial charge in [-0.05, 0) is 62.1 Å². The van der Waals surface area contributed by atoms with Crippen molar-refractivity contribution in [2.45, 2.75) is 52.8 Å². The Kier molecular flexibility index (Phi) is 12.1. The summed E-state index contributed by atoms with van der Waals surface area (Å²) in [6.45, 7) is 12.1. The van der Waals surface area contributed by atoms with Gasteiger partial charge in [0.2, 0.25) is 0 Å². The van der Waals surface area contributed by atoms with E-state index in [0.717, 1.165) is 37.7 Å². The number of aryl methyl sites for hydroxylation is 1. The topological polar surface area (TPSA) is 51.2 Å². The molecule has 1 aliphatic rings. The standard InChI is InChI=1S/C13H17NO2.C11H10F3N.C2H6/c1-10-2-4-11(5-3-10)13(15)14-12-6-8-16-9-7-12;1-8(6-9(2)11(12,13)14)10-4-3-5-15-7-10;1-2/h2-5,12H,6-9H2,1H3,(H,14,15);3-7H,2H2,1H3;1-2H3/b;8-6+;. The summed E-state index contributed by atoms with van der Waals surface area (Å²) in [5.41, 5.74) is 2.19. The van der Waals surface area contributed by atoms with E-state index in [2.05, 4.69) is 16.9 Å². The van der Waals surface area contributed by atoms with Crippen LogP contribution in [0.1, 0.15) is 55.1 Å². The van der Waals surface area contributed by atoms with E-state index in [0.29, 0.717) is 11.1 Å². The molecule has 1 fully saturated rings. The number of carbonyl (C=O) groups is 1.